The molecule has 88 valence electrons. The Morgan fingerprint density at radius 1 is 1.44 bits per heavy atom. The number of nitrogens with one attached hydrogen (secondary N) is 1. The molecule has 0 fully saturated rings. The van der Waals surface area contributed by atoms with Crippen molar-refractivity contribution in [1.82, 2.24) is 5.32 Å². The predicted molar refractivity (Wildman–Crippen MR) is 62.3 cm³/mol. The molecule has 4 heteroatoms. The first kappa shape index (κ1) is 12.7. The zero-order valence-electron chi connectivity index (χ0n) is 9.44. The highest BCUT2D eigenvalue weighted by Gasteiger charge is 2.29. The second-order valence-electron chi connectivity index (χ2n) is 3.84. The summed E-state index contributed by atoms with van der Waals surface area (Å²) in [4.78, 5) is 11.5. The number of nitrogens with two attached hydrogens (primary N) is 1. The molecular formula is C12H18N2O2. The first-order valence-electron chi connectivity index (χ1n) is 5.39. The van der Waals surface area contributed by atoms with Crippen molar-refractivity contribution >= 4 is 5.91 Å². The molecule has 0 aliphatic rings. The Hall–Kier alpha value is -1.39. The van der Waals surface area contributed by atoms with E-state index >= 15 is 0 Å². The lowest BCUT2D eigenvalue weighted by atomic mass is 10.1. The van der Waals surface area contributed by atoms with E-state index in [0.29, 0.717) is 13.0 Å². The number of hydrogen-bond acceptors (Lipinski definition) is 3. The van der Waals surface area contributed by atoms with Gasteiger partial charge in [-0.05, 0) is 12.0 Å². The van der Waals surface area contributed by atoms with E-state index in [4.69, 9.17) is 5.73 Å². The topological polar surface area (TPSA) is 75.3 Å². The molecule has 0 aromatic heterocycles. The van der Waals surface area contributed by atoms with Gasteiger partial charge in [-0.2, -0.15) is 0 Å². The molecule has 1 aromatic carbocycles. The van der Waals surface area contributed by atoms with Crippen LogP contribution >= 0.6 is 0 Å². The highest BCUT2D eigenvalue weighted by Crippen LogP contribution is 2.06. The van der Waals surface area contributed by atoms with Gasteiger partial charge in [0.05, 0.1) is 0 Å². The minimum absolute atomic E-state index is 0.258. The minimum atomic E-state index is -1.76. The molecule has 0 radical (unpaired) electrons. The van der Waals surface area contributed by atoms with Crippen LogP contribution in [0.4, 0.5) is 0 Å². The maximum absolute atomic E-state index is 11.5. The Morgan fingerprint density at radius 2 is 2.06 bits per heavy atom. The summed E-state index contributed by atoms with van der Waals surface area (Å²) in [7, 11) is 0. The first-order valence-corrected chi connectivity index (χ1v) is 5.39. The summed E-state index contributed by atoms with van der Waals surface area (Å²) in [6.07, 6.45) is 0.916. The Balaban J connectivity index is 2.47. The molecule has 0 aliphatic heterocycles. The molecule has 0 bridgehead atoms. The van der Waals surface area contributed by atoms with Crippen LogP contribution in [0.25, 0.3) is 0 Å². The molecule has 4 nitrogen and oxygen atoms in total. The van der Waals surface area contributed by atoms with E-state index in [0.717, 1.165) is 5.56 Å². The molecule has 1 atom stereocenters. The second kappa shape index (κ2) is 5.63. The van der Waals surface area contributed by atoms with Gasteiger partial charge in [-0.1, -0.05) is 43.7 Å². The van der Waals surface area contributed by atoms with Crippen LogP contribution in [-0.2, 0) is 11.3 Å². The zero-order valence-corrected chi connectivity index (χ0v) is 9.44. The Bertz CT molecular complexity index is 336. The van der Waals surface area contributed by atoms with Crippen molar-refractivity contribution in [2.45, 2.75) is 32.0 Å². The fraction of sp³-hybridized carbons (Fsp3) is 0.417. The van der Waals surface area contributed by atoms with Crippen molar-refractivity contribution in [2.75, 3.05) is 0 Å². The fourth-order valence-electron chi connectivity index (χ4n) is 1.43. The van der Waals surface area contributed by atoms with E-state index in [1.807, 2.05) is 37.3 Å². The minimum Gasteiger partial charge on any atom is -0.368 e. The van der Waals surface area contributed by atoms with E-state index in [1.54, 1.807) is 0 Å². The van der Waals surface area contributed by atoms with Gasteiger partial charge in [0.1, 0.15) is 0 Å². The number of rotatable bonds is 5. The Kier molecular flexibility index (Phi) is 4.46. The number of carbonyl (C=O) groups excluding carboxylic acids is 1. The van der Waals surface area contributed by atoms with Crippen LogP contribution in [0.1, 0.15) is 25.3 Å². The van der Waals surface area contributed by atoms with Crippen LogP contribution in [0, 0.1) is 0 Å². The van der Waals surface area contributed by atoms with Crippen LogP contribution in [0.5, 0.6) is 0 Å². The van der Waals surface area contributed by atoms with E-state index < -0.39 is 11.6 Å². The largest absolute Gasteiger partial charge is 0.368 e. The first-order chi connectivity index (χ1) is 7.56. The average molecular weight is 222 g/mol. The van der Waals surface area contributed by atoms with Gasteiger partial charge in [0.2, 0.25) is 0 Å². The van der Waals surface area contributed by atoms with E-state index in [-0.39, 0.29) is 6.42 Å². The van der Waals surface area contributed by atoms with Gasteiger partial charge in [-0.25, -0.2) is 0 Å². The standard InChI is InChI=1S/C12H18N2O2/c1-2-8-12(13,16)11(15)14-9-10-6-4-3-5-7-10/h3-7,16H,2,8-9,13H2,1H3,(H,14,15). The third-order valence-corrected chi connectivity index (χ3v) is 2.32. The number of amides is 1. The fourth-order valence-corrected chi connectivity index (χ4v) is 1.43. The van der Waals surface area contributed by atoms with Crippen LogP contribution < -0.4 is 11.1 Å². The van der Waals surface area contributed by atoms with Crippen molar-refractivity contribution < 1.29 is 9.90 Å². The van der Waals surface area contributed by atoms with Crippen LogP contribution in [0.15, 0.2) is 30.3 Å². The maximum Gasteiger partial charge on any atom is 0.267 e. The molecule has 0 saturated heterocycles. The molecule has 1 rings (SSSR count). The molecule has 0 aliphatic carbocycles. The van der Waals surface area contributed by atoms with E-state index in [2.05, 4.69) is 5.32 Å². The van der Waals surface area contributed by atoms with Crippen LogP contribution in [-0.4, -0.2) is 16.7 Å². The number of hydrogen-bond donors (Lipinski definition) is 3. The predicted octanol–water partition coefficient (Wildman–Crippen LogP) is 0.750. The second-order valence-corrected chi connectivity index (χ2v) is 3.84. The summed E-state index contributed by atoms with van der Waals surface area (Å²) < 4.78 is 0. The number of carbonyl (C=O) groups is 1. The van der Waals surface area contributed by atoms with Crippen molar-refractivity contribution in [3.8, 4) is 0 Å². The van der Waals surface area contributed by atoms with Gasteiger partial charge in [0.25, 0.3) is 5.91 Å². The molecule has 4 N–H and O–H groups in total. The van der Waals surface area contributed by atoms with Gasteiger partial charge in [0, 0.05) is 6.54 Å². The van der Waals surface area contributed by atoms with E-state index in [1.165, 1.54) is 0 Å². The monoisotopic (exact) mass is 222 g/mol. The smallest absolute Gasteiger partial charge is 0.267 e. The summed E-state index contributed by atoms with van der Waals surface area (Å²) in [5.41, 5.74) is 4.69. The van der Waals surface area contributed by atoms with Gasteiger partial charge in [-0.3, -0.25) is 10.5 Å². The summed E-state index contributed by atoms with van der Waals surface area (Å²) in [5, 5.41) is 12.2. The zero-order chi connectivity index (χ0) is 12.0. The van der Waals surface area contributed by atoms with E-state index in [9.17, 15) is 9.90 Å². The summed E-state index contributed by atoms with van der Waals surface area (Å²) in [5.74, 6) is -0.529. The quantitative estimate of drug-likeness (QED) is 0.643. The maximum atomic E-state index is 11.5. The highest BCUT2D eigenvalue weighted by molar-refractivity contribution is 5.84. The van der Waals surface area contributed by atoms with Crippen LogP contribution in [0.2, 0.25) is 0 Å². The Labute approximate surface area is 95.5 Å². The Morgan fingerprint density at radius 3 is 2.62 bits per heavy atom. The van der Waals surface area contributed by atoms with Crippen LogP contribution in [0.3, 0.4) is 0 Å². The summed E-state index contributed by atoms with van der Waals surface area (Å²) in [6.45, 7) is 2.24. The molecule has 1 unspecified atom stereocenters. The van der Waals surface area contributed by atoms with Gasteiger partial charge >= 0.3 is 0 Å². The lowest BCUT2D eigenvalue weighted by molar-refractivity contribution is -0.140. The highest BCUT2D eigenvalue weighted by atomic mass is 16.3. The average Bonchev–Trinajstić information content (AvgIpc) is 2.27. The molecule has 1 amide bonds. The van der Waals surface area contributed by atoms with Gasteiger partial charge in [0.15, 0.2) is 5.72 Å². The van der Waals surface area contributed by atoms with Crippen molar-refractivity contribution in [2.24, 2.45) is 5.73 Å². The summed E-state index contributed by atoms with van der Waals surface area (Å²) in [6, 6.07) is 9.48. The van der Waals surface area contributed by atoms with Crippen molar-refractivity contribution in [3.63, 3.8) is 0 Å². The van der Waals surface area contributed by atoms with Crippen molar-refractivity contribution in [1.29, 1.82) is 0 Å². The normalized spacial score (nSPS) is 14.2. The summed E-state index contributed by atoms with van der Waals surface area (Å²) >= 11 is 0. The number of aliphatic hydroxyl groups is 1. The molecule has 1 aromatic rings. The molecule has 0 heterocycles. The molecule has 0 spiro atoms. The molecular weight excluding hydrogens is 204 g/mol. The number of benzene rings is 1. The van der Waals surface area contributed by atoms with Crippen molar-refractivity contribution in [3.05, 3.63) is 35.9 Å². The lowest BCUT2D eigenvalue weighted by Gasteiger charge is -2.21. The lowest BCUT2D eigenvalue weighted by Crippen LogP contribution is -2.53. The van der Waals surface area contributed by atoms with Gasteiger partial charge < -0.3 is 10.4 Å². The molecule has 0 saturated carbocycles. The molecule has 16 heavy (non-hydrogen) atoms. The van der Waals surface area contributed by atoms with Gasteiger partial charge in [-0.15, -0.1) is 0 Å². The SMILES string of the molecule is CCCC(N)(O)C(=O)NCc1ccccc1. The third kappa shape index (κ3) is 3.64. The third-order valence-electron chi connectivity index (χ3n) is 2.32.